The number of thiophene rings is 1. The van der Waals surface area contributed by atoms with E-state index in [1.165, 1.54) is 16.9 Å². The topological polar surface area (TPSA) is 61.6 Å². The van der Waals surface area contributed by atoms with E-state index in [4.69, 9.17) is 16.9 Å². The molecule has 114 valence electrons. The molecule has 0 amide bonds. The maximum atomic E-state index is 8.71. The lowest BCUT2D eigenvalue weighted by atomic mass is 10.2. The van der Waals surface area contributed by atoms with Gasteiger partial charge in [-0.1, -0.05) is 0 Å². The van der Waals surface area contributed by atoms with Gasteiger partial charge >= 0.3 is 0 Å². The quantitative estimate of drug-likeness (QED) is 0.398. The van der Waals surface area contributed by atoms with E-state index in [1.54, 1.807) is 11.3 Å². The van der Waals surface area contributed by atoms with Crippen LogP contribution in [0.5, 0.6) is 0 Å². The summed E-state index contributed by atoms with van der Waals surface area (Å²) in [6.45, 7) is 0. The highest BCUT2D eigenvalue weighted by Gasteiger charge is 2.22. The Balaban J connectivity index is 1.75. The van der Waals surface area contributed by atoms with Gasteiger partial charge in [0.05, 0.1) is 5.39 Å². The number of nitrogens with one attached hydrogen (secondary N) is 1. The fraction of sp³-hybridized carbons (Fsp3) is 0.188. The Kier molecular flexibility index (Phi) is 3.85. The van der Waals surface area contributed by atoms with Crippen LogP contribution in [0, 0.1) is 10.7 Å². The highest BCUT2D eigenvalue weighted by molar-refractivity contribution is 8.03. The van der Waals surface area contributed by atoms with Gasteiger partial charge in [-0.3, -0.25) is 0 Å². The van der Waals surface area contributed by atoms with E-state index < -0.39 is 0 Å². The molecule has 0 atom stereocenters. The van der Waals surface area contributed by atoms with Crippen LogP contribution in [0.2, 0.25) is 5.28 Å². The van der Waals surface area contributed by atoms with Gasteiger partial charge in [0, 0.05) is 15.5 Å². The van der Waals surface area contributed by atoms with E-state index >= 15 is 0 Å². The third-order valence-corrected chi connectivity index (χ3v) is 5.77. The molecule has 23 heavy (non-hydrogen) atoms. The second kappa shape index (κ2) is 6.00. The van der Waals surface area contributed by atoms with Gasteiger partial charge in [-0.05, 0) is 72.5 Å². The summed E-state index contributed by atoms with van der Waals surface area (Å²) < 4.78 is 0. The first kappa shape index (κ1) is 14.8. The number of fused-ring (bicyclic) bond motifs is 3. The van der Waals surface area contributed by atoms with Gasteiger partial charge in [0.15, 0.2) is 0 Å². The largest absolute Gasteiger partial charge is 0.340 e. The predicted molar refractivity (Wildman–Crippen MR) is 95.6 cm³/mol. The van der Waals surface area contributed by atoms with Gasteiger partial charge in [-0.25, -0.2) is 4.98 Å². The molecule has 2 heterocycles. The number of hydrogen-bond acceptors (Lipinski definition) is 6. The van der Waals surface area contributed by atoms with Crippen molar-refractivity contribution < 1.29 is 0 Å². The van der Waals surface area contributed by atoms with Crippen LogP contribution in [0.4, 0.5) is 11.5 Å². The summed E-state index contributed by atoms with van der Waals surface area (Å²) in [7, 11) is 0. The van der Waals surface area contributed by atoms with Crippen molar-refractivity contribution in [2.75, 3.05) is 5.32 Å². The van der Waals surface area contributed by atoms with Crippen molar-refractivity contribution in [2.45, 2.75) is 24.2 Å². The minimum atomic E-state index is 0.261. The molecule has 4 nitrogen and oxygen atoms in total. The van der Waals surface area contributed by atoms with Crippen LogP contribution in [0.15, 0.2) is 29.2 Å². The summed E-state index contributed by atoms with van der Waals surface area (Å²) in [5, 5.41) is 15.5. The Morgan fingerprint density at radius 2 is 2.04 bits per heavy atom. The highest BCUT2D eigenvalue weighted by atomic mass is 35.5. The Hall–Kier alpha value is -1.81. The molecule has 1 aromatic carbocycles. The third-order valence-electron chi connectivity index (χ3n) is 3.82. The first-order chi connectivity index (χ1) is 11.2. The molecule has 0 bridgehead atoms. The monoisotopic (exact) mass is 358 g/mol. The number of thioether (sulfide) groups is 1. The molecule has 0 radical (unpaired) electrons. The molecule has 0 saturated heterocycles. The zero-order chi connectivity index (χ0) is 15.8. The fourth-order valence-corrected chi connectivity index (χ4v) is 4.71. The van der Waals surface area contributed by atoms with Gasteiger partial charge in [-0.2, -0.15) is 10.2 Å². The smallest absolute Gasteiger partial charge is 0.225 e. The van der Waals surface area contributed by atoms with Gasteiger partial charge in [0.25, 0.3) is 0 Å². The van der Waals surface area contributed by atoms with E-state index in [0.717, 1.165) is 51.2 Å². The number of anilines is 2. The molecule has 1 N–H and O–H groups in total. The molecule has 3 aromatic rings. The number of hydrogen-bond donors (Lipinski definition) is 1. The van der Waals surface area contributed by atoms with Crippen molar-refractivity contribution in [3.05, 3.63) is 40.0 Å². The number of rotatable bonds is 3. The number of aromatic nitrogens is 2. The van der Waals surface area contributed by atoms with Crippen molar-refractivity contribution in [3.63, 3.8) is 0 Å². The molecule has 1 aliphatic carbocycles. The van der Waals surface area contributed by atoms with Crippen LogP contribution in [0.25, 0.3) is 10.2 Å². The average molecular weight is 359 g/mol. The number of thiocyanates is 1. The van der Waals surface area contributed by atoms with E-state index in [2.05, 4.69) is 20.7 Å². The number of nitrogens with zero attached hydrogens (tertiary/aromatic N) is 3. The minimum Gasteiger partial charge on any atom is -0.340 e. The zero-order valence-electron chi connectivity index (χ0n) is 12.0. The molecular weight excluding hydrogens is 348 g/mol. The lowest BCUT2D eigenvalue weighted by Crippen LogP contribution is -1.97. The summed E-state index contributed by atoms with van der Waals surface area (Å²) in [6, 6.07) is 7.70. The standard InChI is InChI=1S/C16H11ClN4S2/c17-16-20-14(19-9-4-6-10(7-5-9)22-8-18)13-11-2-1-3-12(11)23-15(13)21-16/h4-7H,1-3H2,(H,19,20,21). The van der Waals surface area contributed by atoms with Crippen molar-refractivity contribution in [2.24, 2.45) is 0 Å². The van der Waals surface area contributed by atoms with Crippen molar-refractivity contribution in [3.8, 4) is 5.40 Å². The van der Waals surface area contributed by atoms with Crippen molar-refractivity contribution in [1.82, 2.24) is 9.97 Å². The number of nitriles is 1. The predicted octanol–water partition coefficient (Wildman–Crippen LogP) is 5.15. The maximum absolute atomic E-state index is 8.71. The first-order valence-electron chi connectivity index (χ1n) is 7.15. The molecule has 1 aliphatic rings. The summed E-state index contributed by atoms with van der Waals surface area (Å²) in [5.74, 6) is 0.764. The summed E-state index contributed by atoms with van der Waals surface area (Å²) in [5.41, 5.74) is 2.28. The lowest BCUT2D eigenvalue weighted by Gasteiger charge is -2.08. The SMILES string of the molecule is N#CSc1ccc(Nc2nc(Cl)nc3sc4c(c23)CCC4)cc1. The summed E-state index contributed by atoms with van der Waals surface area (Å²) in [6.07, 6.45) is 3.39. The molecular formula is C16H11ClN4S2. The Morgan fingerprint density at radius 1 is 1.22 bits per heavy atom. The molecule has 0 spiro atoms. The number of benzene rings is 1. The molecule has 0 fully saturated rings. The third kappa shape index (κ3) is 2.76. The Morgan fingerprint density at radius 3 is 2.83 bits per heavy atom. The van der Waals surface area contributed by atoms with Crippen LogP contribution in [-0.4, -0.2) is 9.97 Å². The summed E-state index contributed by atoms with van der Waals surface area (Å²) in [4.78, 5) is 12.0. The van der Waals surface area contributed by atoms with Crippen LogP contribution in [-0.2, 0) is 12.8 Å². The van der Waals surface area contributed by atoms with E-state index in [0.29, 0.717) is 0 Å². The van der Waals surface area contributed by atoms with Crippen LogP contribution < -0.4 is 5.32 Å². The molecule has 0 unspecified atom stereocenters. The zero-order valence-corrected chi connectivity index (χ0v) is 14.4. The Labute approximate surface area is 146 Å². The Bertz CT molecular complexity index is 928. The normalized spacial score (nSPS) is 13.0. The van der Waals surface area contributed by atoms with Gasteiger partial charge in [-0.15, -0.1) is 11.3 Å². The van der Waals surface area contributed by atoms with E-state index in [1.807, 2.05) is 24.3 Å². The van der Waals surface area contributed by atoms with Crippen molar-refractivity contribution >= 4 is 56.4 Å². The first-order valence-corrected chi connectivity index (χ1v) is 9.16. The van der Waals surface area contributed by atoms with Gasteiger partial charge < -0.3 is 5.32 Å². The molecule has 0 saturated carbocycles. The second-order valence-electron chi connectivity index (χ2n) is 5.22. The molecule has 7 heteroatoms. The maximum Gasteiger partial charge on any atom is 0.225 e. The molecule has 4 rings (SSSR count). The lowest BCUT2D eigenvalue weighted by molar-refractivity contribution is 0.917. The second-order valence-corrected chi connectivity index (χ2v) is 7.50. The molecule has 0 aliphatic heterocycles. The van der Waals surface area contributed by atoms with E-state index in [9.17, 15) is 0 Å². The van der Waals surface area contributed by atoms with Crippen LogP contribution in [0.1, 0.15) is 16.9 Å². The van der Waals surface area contributed by atoms with Gasteiger partial charge in [0.2, 0.25) is 5.28 Å². The van der Waals surface area contributed by atoms with Crippen molar-refractivity contribution in [1.29, 1.82) is 5.26 Å². The number of halogens is 1. The van der Waals surface area contributed by atoms with E-state index in [-0.39, 0.29) is 5.28 Å². The van der Waals surface area contributed by atoms with Crippen LogP contribution in [0.3, 0.4) is 0 Å². The highest BCUT2D eigenvalue weighted by Crippen LogP contribution is 2.40. The number of aryl methyl sites for hydroxylation is 2. The molecule has 2 aromatic heterocycles. The minimum absolute atomic E-state index is 0.261. The van der Waals surface area contributed by atoms with Crippen LogP contribution >= 0.6 is 34.7 Å². The van der Waals surface area contributed by atoms with Gasteiger partial charge in [0.1, 0.15) is 16.0 Å². The summed E-state index contributed by atoms with van der Waals surface area (Å²) >= 11 is 8.95. The average Bonchev–Trinajstić information content (AvgIpc) is 3.09. The fourth-order valence-electron chi connectivity index (χ4n) is 2.86.